The first-order chi connectivity index (χ1) is 11.8. The van der Waals surface area contributed by atoms with Gasteiger partial charge in [-0.1, -0.05) is 40.8 Å². The molecule has 1 aliphatic rings. The smallest absolute Gasteiger partial charge is 0.232 e. The molecule has 2 aromatic rings. The van der Waals surface area contributed by atoms with Crippen molar-refractivity contribution in [3.8, 4) is 5.88 Å². The zero-order valence-corrected chi connectivity index (χ0v) is 16.3. The minimum Gasteiger partial charge on any atom is -0.487 e. The maximum atomic E-state index is 5.31. The minimum absolute atomic E-state index is 0.123. The molecule has 2 radical (unpaired) electrons. The van der Waals surface area contributed by atoms with Crippen LogP contribution in [0.25, 0.3) is 0 Å². The average Bonchev–Trinajstić information content (AvgIpc) is 2.88. The third-order valence-corrected chi connectivity index (χ3v) is 4.01. The second kappa shape index (κ2) is 10.7. The molecule has 0 aliphatic carbocycles. The molecular formula is C18H23BIN3O. The zero-order chi connectivity index (χ0) is 17.2. The van der Waals surface area contributed by atoms with Gasteiger partial charge in [-0.2, -0.15) is 5.10 Å². The highest BCUT2D eigenvalue weighted by molar-refractivity contribution is 14.1. The number of aryl methyl sites for hydroxylation is 2. The molecule has 1 N–H and O–H groups in total. The minimum atomic E-state index is 0.123. The van der Waals surface area contributed by atoms with Crippen molar-refractivity contribution in [3.05, 3.63) is 52.7 Å². The number of fused-ring (bicyclic) bond motifs is 1. The molecule has 6 heteroatoms. The molecule has 0 amide bonds. The zero-order valence-electron chi connectivity index (χ0n) is 14.1. The van der Waals surface area contributed by atoms with E-state index in [1.807, 2.05) is 17.1 Å². The molecule has 0 atom stereocenters. The van der Waals surface area contributed by atoms with Crippen LogP contribution in [-0.2, 0) is 25.7 Å². The first-order valence-electron chi connectivity index (χ1n) is 8.20. The first kappa shape index (κ1) is 19.2. The second-order valence-corrected chi connectivity index (χ2v) is 5.53. The standard InChI is InChI=1S/C17H20BN3O.CH3I/c18-12-22-17-6-5-16(20-21-17)4-2-13-1-3-14-7-9-19-10-8-15(14)11-13;1-2/h1,3,5-6,11,19H,2,4,7-10,12H2;1H3. The number of ether oxygens (including phenoxy) is 1. The van der Waals surface area contributed by atoms with E-state index in [1.165, 1.54) is 16.7 Å². The predicted molar refractivity (Wildman–Crippen MR) is 107 cm³/mol. The molecule has 3 rings (SSSR count). The van der Waals surface area contributed by atoms with E-state index in [4.69, 9.17) is 12.6 Å². The fourth-order valence-corrected chi connectivity index (χ4v) is 2.80. The van der Waals surface area contributed by atoms with Crippen molar-refractivity contribution in [2.75, 3.05) is 24.5 Å². The van der Waals surface area contributed by atoms with Crippen LogP contribution in [0.1, 0.15) is 22.4 Å². The molecular weight excluding hydrogens is 412 g/mol. The SMILES string of the molecule is CI.[B]COc1ccc(CCc2ccc3c(c2)CCNCC3)nn1. The lowest BCUT2D eigenvalue weighted by Gasteiger charge is -2.08. The van der Waals surface area contributed by atoms with Crippen LogP contribution in [0.3, 0.4) is 0 Å². The van der Waals surface area contributed by atoms with Crippen LogP contribution in [-0.4, -0.2) is 42.6 Å². The number of benzene rings is 1. The van der Waals surface area contributed by atoms with E-state index in [-0.39, 0.29) is 6.51 Å². The highest BCUT2D eigenvalue weighted by atomic mass is 127. The topological polar surface area (TPSA) is 47.0 Å². The van der Waals surface area contributed by atoms with Crippen LogP contribution < -0.4 is 10.1 Å². The quantitative estimate of drug-likeness (QED) is 0.446. The van der Waals surface area contributed by atoms with Crippen molar-refractivity contribution in [3.63, 3.8) is 0 Å². The van der Waals surface area contributed by atoms with Crippen molar-refractivity contribution in [2.24, 2.45) is 0 Å². The Labute approximate surface area is 159 Å². The number of hydrogen-bond donors (Lipinski definition) is 1. The van der Waals surface area contributed by atoms with E-state index >= 15 is 0 Å². The van der Waals surface area contributed by atoms with Crippen molar-refractivity contribution >= 4 is 30.4 Å². The highest BCUT2D eigenvalue weighted by Gasteiger charge is 2.08. The van der Waals surface area contributed by atoms with Crippen LogP contribution in [0, 0.1) is 0 Å². The Morgan fingerprint density at radius 3 is 2.54 bits per heavy atom. The number of nitrogens with zero attached hydrogens (tertiary/aromatic N) is 2. The molecule has 126 valence electrons. The van der Waals surface area contributed by atoms with Crippen LogP contribution in [0.4, 0.5) is 0 Å². The normalized spacial score (nSPS) is 13.2. The Morgan fingerprint density at radius 2 is 1.83 bits per heavy atom. The van der Waals surface area contributed by atoms with Crippen LogP contribution >= 0.6 is 22.6 Å². The van der Waals surface area contributed by atoms with Gasteiger partial charge in [-0.15, -0.1) is 5.10 Å². The number of halogens is 1. The van der Waals surface area contributed by atoms with Gasteiger partial charge in [0.15, 0.2) is 0 Å². The number of alkyl halides is 1. The molecule has 0 saturated heterocycles. The average molecular weight is 435 g/mol. The summed E-state index contributed by atoms with van der Waals surface area (Å²) >= 11 is 2.15. The summed E-state index contributed by atoms with van der Waals surface area (Å²) in [4.78, 5) is 1.97. The maximum Gasteiger partial charge on any atom is 0.232 e. The van der Waals surface area contributed by atoms with Crippen molar-refractivity contribution in [1.82, 2.24) is 15.5 Å². The maximum absolute atomic E-state index is 5.31. The highest BCUT2D eigenvalue weighted by Crippen LogP contribution is 2.17. The molecule has 0 saturated carbocycles. The third kappa shape index (κ3) is 5.74. The van der Waals surface area contributed by atoms with Crippen LogP contribution in [0.5, 0.6) is 5.88 Å². The fourth-order valence-electron chi connectivity index (χ4n) is 2.80. The van der Waals surface area contributed by atoms with Gasteiger partial charge in [-0.3, -0.25) is 0 Å². The lowest BCUT2D eigenvalue weighted by molar-refractivity contribution is 0.366. The lowest BCUT2D eigenvalue weighted by atomic mass is 9.98. The summed E-state index contributed by atoms with van der Waals surface area (Å²) < 4.78 is 5.10. The lowest BCUT2D eigenvalue weighted by Crippen LogP contribution is -2.16. The van der Waals surface area contributed by atoms with Gasteiger partial charge in [-0.05, 0) is 66.5 Å². The molecule has 1 aromatic heterocycles. The Hall–Kier alpha value is -1.15. The molecule has 24 heavy (non-hydrogen) atoms. The summed E-state index contributed by atoms with van der Waals surface area (Å²) in [6.07, 6.45) is 4.11. The predicted octanol–water partition coefficient (Wildman–Crippen LogP) is 2.51. The van der Waals surface area contributed by atoms with Crippen molar-refractivity contribution < 1.29 is 4.74 Å². The van der Waals surface area contributed by atoms with E-state index in [2.05, 4.69) is 56.3 Å². The van der Waals surface area contributed by atoms with Gasteiger partial charge in [0.1, 0.15) is 7.85 Å². The molecule has 0 fully saturated rings. The van der Waals surface area contributed by atoms with Gasteiger partial charge in [0, 0.05) is 12.6 Å². The number of hydrogen-bond acceptors (Lipinski definition) is 4. The summed E-state index contributed by atoms with van der Waals surface area (Å²) in [6, 6.07) is 10.6. The van der Waals surface area contributed by atoms with Crippen molar-refractivity contribution in [1.29, 1.82) is 0 Å². The van der Waals surface area contributed by atoms with Crippen LogP contribution in [0.2, 0.25) is 0 Å². The monoisotopic (exact) mass is 435 g/mol. The van der Waals surface area contributed by atoms with Gasteiger partial charge < -0.3 is 10.1 Å². The van der Waals surface area contributed by atoms with Crippen molar-refractivity contribution in [2.45, 2.75) is 25.7 Å². The molecule has 1 aromatic carbocycles. The molecule has 0 spiro atoms. The van der Waals surface area contributed by atoms with Gasteiger partial charge >= 0.3 is 0 Å². The van der Waals surface area contributed by atoms with E-state index in [9.17, 15) is 0 Å². The van der Waals surface area contributed by atoms with E-state index in [1.54, 1.807) is 0 Å². The number of aromatic nitrogens is 2. The number of nitrogens with one attached hydrogen (secondary N) is 1. The Morgan fingerprint density at radius 1 is 1.04 bits per heavy atom. The Balaban J connectivity index is 0.00000100. The molecule has 1 aliphatic heterocycles. The number of rotatable bonds is 5. The van der Waals surface area contributed by atoms with Gasteiger partial charge in [0.2, 0.25) is 5.88 Å². The van der Waals surface area contributed by atoms with E-state index in [0.29, 0.717) is 5.88 Å². The Bertz CT molecular complexity index is 622. The van der Waals surface area contributed by atoms with Gasteiger partial charge in [0.05, 0.1) is 5.69 Å². The Kier molecular flexibility index (Phi) is 8.52. The summed E-state index contributed by atoms with van der Waals surface area (Å²) in [7, 11) is 5.31. The molecule has 2 heterocycles. The molecule has 0 unspecified atom stereocenters. The fraction of sp³-hybridized carbons (Fsp3) is 0.444. The third-order valence-electron chi connectivity index (χ3n) is 4.01. The second-order valence-electron chi connectivity index (χ2n) is 5.53. The summed E-state index contributed by atoms with van der Waals surface area (Å²) in [5.74, 6) is 0.476. The summed E-state index contributed by atoms with van der Waals surface area (Å²) in [5.41, 5.74) is 5.31. The summed E-state index contributed by atoms with van der Waals surface area (Å²) in [5, 5.41) is 11.6. The van der Waals surface area contributed by atoms with Crippen LogP contribution in [0.15, 0.2) is 30.3 Å². The first-order valence-corrected chi connectivity index (χ1v) is 10.4. The van der Waals surface area contributed by atoms with Gasteiger partial charge in [-0.25, -0.2) is 0 Å². The van der Waals surface area contributed by atoms with E-state index in [0.717, 1.165) is 44.5 Å². The van der Waals surface area contributed by atoms with Gasteiger partial charge in [0.25, 0.3) is 0 Å². The molecule has 4 nitrogen and oxygen atoms in total. The van der Waals surface area contributed by atoms with E-state index < -0.39 is 0 Å². The largest absolute Gasteiger partial charge is 0.487 e. The molecule has 0 bridgehead atoms. The summed E-state index contributed by atoms with van der Waals surface area (Å²) in [6.45, 7) is 2.28.